The van der Waals surface area contributed by atoms with Crippen LogP contribution in [-0.2, 0) is 11.3 Å². The van der Waals surface area contributed by atoms with E-state index in [1.165, 1.54) is 18.4 Å². The monoisotopic (exact) mass is 312 g/mol. The Hall–Kier alpha value is -0.580. The number of nitrogen functional groups attached to an aromatic ring is 1. The quantitative estimate of drug-likeness (QED) is 0.869. The number of methoxy groups -OCH3 is 1. The van der Waals surface area contributed by atoms with E-state index in [0.717, 1.165) is 42.3 Å². The van der Waals surface area contributed by atoms with Crippen LogP contribution in [0.25, 0.3) is 0 Å². The van der Waals surface area contributed by atoms with Crippen molar-refractivity contribution in [1.29, 1.82) is 0 Å². The first-order valence-electron chi connectivity index (χ1n) is 6.44. The summed E-state index contributed by atoms with van der Waals surface area (Å²) in [7, 11) is 1.79. The lowest BCUT2D eigenvalue weighted by molar-refractivity contribution is 0.0968. The maximum atomic E-state index is 5.80. The Labute approximate surface area is 117 Å². The standard InChI is InChI=1S/C14H21BrN2O/c1-18-10-11-4-6-17(7-5-11)9-12-2-3-14(16)13(15)8-12/h2-3,8,11H,4-7,9-10,16H2,1H3. The molecule has 0 radical (unpaired) electrons. The number of halogens is 1. The van der Waals surface area contributed by atoms with Crippen molar-refractivity contribution in [2.24, 2.45) is 5.92 Å². The van der Waals surface area contributed by atoms with Crippen molar-refractivity contribution in [2.75, 3.05) is 32.5 Å². The Bertz CT molecular complexity index is 389. The molecule has 0 saturated carbocycles. The van der Waals surface area contributed by atoms with E-state index in [2.05, 4.69) is 33.0 Å². The summed E-state index contributed by atoms with van der Waals surface area (Å²) in [6.07, 6.45) is 2.48. The molecule has 1 aromatic rings. The zero-order valence-electron chi connectivity index (χ0n) is 10.9. The summed E-state index contributed by atoms with van der Waals surface area (Å²) in [5.74, 6) is 0.740. The molecule has 100 valence electrons. The zero-order valence-corrected chi connectivity index (χ0v) is 12.4. The molecule has 0 unspecified atom stereocenters. The molecule has 3 nitrogen and oxygen atoms in total. The molecule has 0 amide bonds. The van der Waals surface area contributed by atoms with Crippen LogP contribution >= 0.6 is 15.9 Å². The zero-order chi connectivity index (χ0) is 13.0. The molecule has 1 saturated heterocycles. The number of piperidine rings is 1. The Morgan fingerprint density at radius 1 is 1.39 bits per heavy atom. The summed E-state index contributed by atoms with van der Waals surface area (Å²) in [5, 5.41) is 0. The van der Waals surface area contributed by atoms with Crippen LogP contribution in [0.15, 0.2) is 22.7 Å². The maximum Gasteiger partial charge on any atom is 0.0491 e. The van der Waals surface area contributed by atoms with Crippen LogP contribution < -0.4 is 5.73 Å². The van der Waals surface area contributed by atoms with Crippen LogP contribution in [-0.4, -0.2) is 31.7 Å². The summed E-state index contributed by atoms with van der Waals surface area (Å²) in [4.78, 5) is 2.50. The SMILES string of the molecule is COCC1CCN(Cc2ccc(N)c(Br)c2)CC1. The number of hydrogen-bond donors (Lipinski definition) is 1. The predicted octanol–water partition coefficient (Wildman–Crippen LogP) is 2.89. The highest BCUT2D eigenvalue weighted by Crippen LogP contribution is 2.23. The van der Waals surface area contributed by atoms with E-state index in [9.17, 15) is 0 Å². The average Bonchev–Trinajstić information content (AvgIpc) is 2.37. The van der Waals surface area contributed by atoms with Crippen molar-refractivity contribution in [3.8, 4) is 0 Å². The fourth-order valence-electron chi connectivity index (χ4n) is 2.47. The maximum absolute atomic E-state index is 5.80. The summed E-state index contributed by atoms with van der Waals surface area (Å²) in [6, 6.07) is 6.20. The van der Waals surface area contributed by atoms with Gasteiger partial charge >= 0.3 is 0 Å². The van der Waals surface area contributed by atoms with E-state index >= 15 is 0 Å². The van der Waals surface area contributed by atoms with Gasteiger partial charge in [0.05, 0.1) is 0 Å². The van der Waals surface area contributed by atoms with Crippen LogP contribution in [0.2, 0.25) is 0 Å². The first-order chi connectivity index (χ1) is 8.69. The predicted molar refractivity (Wildman–Crippen MR) is 78.4 cm³/mol. The van der Waals surface area contributed by atoms with Crippen LogP contribution in [0.5, 0.6) is 0 Å². The van der Waals surface area contributed by atoms with Crippen LogP contribution in [0.1, 0.15) is 18.4 Å². The Kier molecular flexibility index (Phi) is 5.03. The number of rotatable bonds is 4. The minimum absolute atomic E-state index is 0.740. The van der Waals surface area contributed by atoms with Crippen molar-refractivity contribution in [2.45, 2.75) is 19.4 Å². The number of nitrogens with two attached hydrogens (primary N) is 1. The van der Waals surface area contributed by atoms with Gasteiger partial charge in [-0.3, -0.25) is 4.90 Å². The Balaban J connectivity index is 1.85. The number of benzene rings is 1. The van der Waals surface area contributed by atoms with E-state index in [1.54, 1.807) is 7.11 Å². The molecule has 0 aliphatic carbocycles. The lowest BCUT2D eigenvalue weighted by Gasteiger charge is -2.31. The van der Waals surface area contributed by atoms with Crippen molar-refractivity contribution in [3.05, 3.63) is 28.2 Å². The lowest BCUT2D eigenvalue weighted by Crippen LogP contribution is -2.34. The molecule has 0 spiro atoms. The highest BCUT2D eigenvalue weighted by atomic mass is 79.9. The smallest absolute Gasteiger partial charge is 0.0491 e. The van der Waals surface area contributed by atoms with Gasteiger partial charge in [0.25, 0.3) is 0 Å². The molecule has 1 aliphatic rings. The van der Waals surface area contributed by atoms with Gasteiger partial charge in [-0.05, 0) is 65.5 Å². The van der Waals surface area contributed by atoms with Gasteiger partial charge in [-0.15, -0.1) is 0 Å². The number of nitrogens with zero attached hydrogens (tertiary/aromatic N) is 1. The third-order valence-corrected chi connectivity index (χ3v) is 4.27. The van der Waals surface area contributed by atoms with E-state index in [4.69, 9.17) is 10.5 Å². The van der Waals surface area contributed by atoms with E-state index in [1.807, 2.05) is 6.07 Å². The van der Waals surface area contributed by atoms with Crippen molar-refractivity contribution in [3.63, 3.8) is 0 Å². The van der Waals surface area contributed by atoms with Crippen LogP contribution in [0, 0.1) is 5.92 Å². The average molecular weight is 313 g/mol. The van der Waals surface area contributed by atoms with Gasteiger partial charge < -0.3 is 10.5 Å². The molecule has 1 aromatic carbocycles. The van der Waals surface area contributed by atoms with Crippen molar-refractivity contribution >= 4 is 21.6 Å². The molecular formula is C14H21BrN2O. The van der Waals surface area contributed by atoms with Gasteiger partial charge in [-0.25, -0.2) is 0 Å². The highest BCUT2D eigenvalue weighted by Gasteiger charge is 2.19. The lowest BCUT2D eigenvalue weighted by atomic mass is 9.97. The van der Waals surface area contributed by atoms with Gasteiger partial charge in [0.15, 0.2) is 0 Å². The minimum atomic E-state index is 0.740. The molecule has 1 aliphatic heterocycles. The van der Waals surface area contributed by atoms with Crippen molar-refractivity contribution < 1.29 is 4.74 Å². The molecule has 0 aromatic heterocycles. The second-order valence-electron chi connectivity index (χ2n) is 5.03. The molecule has 1 heterocycles. The van der Waals surface area contributed by atoms with Gasteiger partial charge in [-0.2, -0.15) is 0 Å². The topological polar surface area (TPSA) is 38.5 Å². The van der Waals surface area contributed by atoms with Crippen LogP contribution in [0.3, 0.4) is 0 Å². The molecule has 1 fully saturated rings. The molecule has 0 atom stereocenters. The van der Waals surface area contributed by atoms with Gasteiger partial charge in [0.2, 0.25) is 0 Å². The van der Waals surface area contributed by atoms with Crippen molar-refractivity contribution in [1.82, 2.24) is 4.90 Å². The fourth-order valence-corrected chi connectivity index (χ4v) is 2.90. The third-order valence-electron chi connectivity index (χ3n) is 3.58. The molecule has 0 bridgehead atoms. The second kappa shape index (κ2) is 6.55. The third kappa shape index (κ3) is 3.70. The molecule has 2 rings (SSSR count). The first kappa shape index (κ1) is 13.8. The summed E-state index contributed by atoms with van der Waals surface area (Å²) in [5.41, 5.74) is 7.92. The minimum Gasteiger partial charge on any atom is -0.398 e. The van der Waals surface area contributed by atoms with Crippen LogP contribution in [0.4, 0.5) is 5.69 Å². The van der Waals surface area contributed by atoms with E-state index in [-0.39, 0.29) is 0 Å². The second-order valence-corrected chi connectivity index (χ2v) is 5.89. The van der Waals surface area contributed by atoms with Gasteiger partial charge in [0, 0.05) is 30.4 Å². The van der Waals surface area contributed by atoms with Gasteiger partial charge in [0.1, 0.15) is 0 Å². The summed E-state index contributed by atoms with van der Waals surface area (Å²) >= 11 is 3.48. The van der Waals surface area contributed by atoms with E-state index < -0.39 is 0 Å². The number of ether oxygens (including phenoxy) is 1. The highest BCUT2D eigenvalue weighted by molar-refractivity contribution is 9.10. The largest absolute Gasteiger partial charge is 0.398 e. The molecule has 18 heavy (non-hydrogen) atoms. The Morgan fingerprint density at radius 2 is 2.11 bits per heavy atom. The summed E-state index contributed by atoms with van der Waals surface area (Å²) in [6.45, 7) is 4.24. The fraction of sp³-hybridized carbons (Fsp3) is 0.571. The van der Waals surface area contributed by atoms with E-state index in [0.29, 0.717) is 0 Å². The molecule has 4 heteroatoms. The first-order valence-corrected chi connectivity index (χ1v) is 7.23. The summed E-state index contributed by atoms with van der Waals surface area (Å²) < 4.78 is 6.22. The van der Waals surface area contributed by atoms with Gasteiger partial charge in [-0.1, -0.05) is 6.07 Å². The molecular weight excluding hydrogens is 292 g/mol. The number of likely N-dealkylation sites (tertiary alicyclic amines) is 1. The number of anilines is 1. The molecule has 2 N–H and O–H groups in total. The normalized spacial score (nSPS) is 18.1. The number of hydrogen-bond acceptors (Lipinski definition) is 3. The Morgan fingerprint density at radius 3 is 2.72 bits per heavy atom.